The molecule has 4 heteroatoms. The van der Waals surface area contributed by atoms with Gasteiger partial charge < -0.3 is 16.0 Å². The van der Waals surface area contributed by atoms with Crippen LogP contribution in [0, 0.1) is 0 Å². The molecule has 2 aliphatic heterocycles. The third kappa shape index (κ3) is 4.18. The quantitative estimate of drug-likeness (QED) is 0.798. The molecule has 0 radical (unpaired) electrons. The Labute approximate surface area is 110 Å². The van der Waals surface area contributed by atoms with Crippen LogP contribution in [0.1, 0.15) is 32.1 Å². The minimum absolute atomic E-state index is 0.801. The van der Waals surface area contributed by atoms with Crippen molar-refractivity contribution in [2.75, 3.05) is 36.8 Å². The molecule has 4 nitrogen and oxygen atoms in total. The highest BCUT2D eigenvalue weighted by molar-refractivity contribution is 5.50. The summed E-state index contributed by atoms with van der Waals surface area (Å²) in [4.78, 5) is 6.61. The van der Waals surface area contributed by atoms with E-state index in [2.05, 4.69) is 15.2 Å². The van der Waals surface area contributed by atoms with Gasteiger partial charge in [0.25, 0.3) is 0 Å². The highest BCUT2D eigenvalue weighted by Gasteiger charge is 2.11. The molecule has 1 aromatic rings. The molecule has 0 aliphatic carbocycles. The molecule has 3 heterocycles. The molecule has 2 aliphatic rings. The smallest absolute Gasteiger partial charge is 0.130 e. The SMILES string of the molecule is C1CCNC1.Nc1ccnc(N2CCCCC2)c1. The highest BCUT2D eigenvalue weighted by atomic mass is 15.2. The maximum absolute atomic E-state index is 5.70. The van der Waals surface area contributed by atoms with Crippen LogP contribution in [-0.4, -0.2) is 31.2 Å². The van der Waals surface area contributed by atoms with E-state index >= 15 is 0 Å². The molecular formula is C14H24N4. The number of pyridine rings is 1. The fourth-order valence-electron chi connectivity index (χ4n) is 2.36. The second-order valence-corrected chi connectivity index (χ2v) is 4.95. The maximum Gasteiger partial charge on any atom is 0.130 e. The van der Waals surface area contributed by atoms with Crippen LogP contribution in [-0.2, 0) is 0 Å². The Kier molecular flexibility index (Phi) is 5.27. The summed E-state index contributed by atoms with van der Waals surface area (Å²) in [5, 5.41) is 3.22. The minimum atomic E-state index is 0.801. The summed E-state index contributed by atoms with van der Waals surface area (Å²) in [5.41, 5.74) is 6.50. The zero-order chi connectivity index (χ0) is 12.6. The van der Waals surface area contributed by atoms with Crippen molar-refractivity contribution in [1.29, 1.82) is 0 Å². The van der Waals surface area contributed by atoms with Gasteiger partial charge in [-0.05, 0) is 51.3 Å². The summed E-state index contributed by atoms with van der Waals surface area (Å²) < 4.78 is 0. The average Bonchev–Trinajstić information content (AvgIpc) is 2.99. The van der Waals surface area contributed by atoms with Crippen molar-refractivity contribution in [2.45, 2.75) is 32.1 Å². The molecule has 0 spiro atoms. The third-order valence-electron chi connectivity index (χ3n) is 3.41. The van der Waals surface area contributed by atoms with E-state index in [1.165, 1.54) is 45.2 Å². The molecule has 0 amide bonds. The van der Waals surface area contributed by atoms with Gasteiger partial charge in [-0.1, -0.05) is 0 Å². The molecule has 0 bridgehead atoms. The summed E-state index contributed by atoms with van der Waals surface area (Å²) in [7, 11) is 0. The lowest BCUT2D eigenvalue weighted by Crippen LogP contribution is -2.30. The highest BCUT2D eigenvalue weighted by Crippen LogP contribution is 2.18. The second kappa shape index (κ2) is 7.21. The van der Waals surface area contributed by atoms with Crippen LogP contribution in [0.25, 0.3) is 0 Å². The maximum atomic E-state index is 5.70. The number of nitrogens with zero attached hydrogens (tertiary/aromatic N) is 2. The molecule has 3 rings (SSSR count). The van der Waals surface area contributed by atoms with Crippen LogP contribution in [0.15, 0.2) is 18.3 Å². The predicted octanol–water partition coefficient (Wildman–Crippen LogP) is 2.02. The summed E-state index contributed by atoms with van der Waals surface area (Å²) >= 11 is 0. The number of nitrogen functional groups attached to an aromatic ring is 1. The molecule has 18 heavy (non-hydrogen) atoms. The van der Waals surface area contributed by atoms with Crippen molar-refractivity contribution in [1.82, 2.24) is 10.3 Å². The Hall–Kier alpha value is -1.29. The van der Waals surface area contributed by atoms with Crippen LogP contribution in [0.5, 0.6) is 0 Å². The summed E-state index contributed by atoms with van der Waals surface area (Å²) in [6.45, 7) is 4.74. The first-order valence-corrected chi connectivity index (χ1v) is 7.03. The van der Waals surface area contributed by atoms with E-state index in [0.29, 0.717) is 0 Å². The summed E-state index contributed by atoms with van der Waals surface area (Å²) in [6.07, 6.45) is 8.45. The average molecular weight is 248 g/mol. The van der Waals surface area contributed by atoms with Gasteiger partial charge in [0.15, 0.2) is 0 Å². The molecule has 0 aromatic carbocycles. The topological polar surface area (TPSA) is 54.2 Å². The lowest BCUT2D eigenvalue weighted by atomic mass is 10.1. The van der Waals surface area contributed by atoms with E-state index in [0.717, 1.165) is 24.6 Å². The van der Waals surface area contributed by atoms with Crippen molar-refractivity contribution < 1.29 is 0 Å². The number of piperidine rings is 1. The zero-order valence-electron chi connectivity index (χ0n) is 11.1. The second-order valence-electron chi connectivity index (χ2n) is 4.95. The van der Waals surface area contributed by atoms with Gasteiger partial charge in [0.05, 0.1) is 0 Å². The molecule has 100 valence electrons. The number of nitrogens with one attached hydrogen (secondary N) is 1. The first-order chi connectivity index (χ1) is 8.86. The molecule has 0 unspecified atom stereocenters. The van der Waals surface area contributed by atoms with Gasteiger partial charge in [0.2, 0.25) is 0 Å². The first-order valence-electron chi connectivity index (χ1n) is 7.03. The number of hydrogen-bond acceptors (Lipinski definition) is 4. The minimum Gasteiger partial charge on any atom is -0.399 e. The van der Waals surface area contributed by atoms with Crippen LogP contribution < -0.4 is 16.0 Å². The molecule has 2 saturated heterocycles. The fourth-order valence-corrected chi connectivity index (χ4v) is 2.36. The van der Waals surface area contributed by atoms with Gasteiger partial charge in [0.1, 0.15) is 5.82 Å². The first kappa shape index (κ1) is 13.1. The van der Waals surface area contributed by atoms with Crippen molar-refractivity contribution >= 4 is 11.5 Å². The lowest BCUT2D eigenvalue weighted by Gasteiger charge is -2.27. The Balaban J connectivity index is 0.000000202. The monoisotopic (exact) mass is 248 g/mol. The number of anilines is 2. The lowest BCUT2D eigenvalue weighted by molar-refractivity contribution is 0.573. The third-order valence-corrected chi connectivity index (χ3v) is 3.41. The van der Waals surface area contributed by atoms with E-state index in [-0.39, 0.29) is 0 Å². The molecule has 3 N–H and O–H groups in total. The van der Waals surface area contributed by atoms with Gasteiger partial charge in [-0.25, -0.2) is 4.98 Å². The van der Waals surface area contributed by atoms with Gasteiger partial charge in [-0.15, -0.1) is 0 Å². The van der Waals surface area contributed by atoms with E-state index in [1.54, 1.807) is 6.20 Å². The van der Waals surface area contributed by atoms with Crippen LogP contribution in [0.3, 0.4) is 0 Å². The Morgan fingerprint density at radius 1 is 1.06 bits per heavy atom. The molecule has 1 aromatic heterocycles. The molecular weight excluding hydrogens is 224 g/mol. The van der Waals surface area contributed by atoms with E-state index in [9.17, 15) is 0 Å². The predicted molar refractivity (Wildman–Crippen MR) is 76.8 cm³/mol. The van der Waals surface area contributed by atoms with Gasteiger partial charge in [0, 0.05) is 31.0 Å². The molecule has 2 fully saturated rings. The summed E-state index contributed by atoms with van der Waals surface area (Å²) in [6, 6.07) is 3.78. The van der Waals surface area contributed by atoms with Gasteiger partial charge in [-0.2, -0.15) is 0 Å². The fraction of sp³-hybridized carbons (Fsp3) is 0.643. The van der Waals surface area contributed by atoms with Crippen LogP contribution in [0.4, 0.5) is 11.5 Å². The van der Waals surface area contributed by atoms with E-state index in [4.69, 9.17) is 5.73 Å². The Morgan fingerprint density at radius 3 is 2.33 bits per heavy atom. The number of aromatic nitrogens is 1. The molecule has 0 atom stereocenters. The van der Waals surface area contributed by atoms with E-state index < -0.39 is 0 Å². The summed E-state index contributed by atoms with van der Waals surface area (Å²) in [5.74, 6) is 1.03. The van der Waals surface area contributed by atoms with Crippen molar-refractivity contribution in [3.05, 3.63) is 18.3 Å². The van der Waals surface area contributed by atoms with Crippen molar-refractivity contribution in [3.8, 4) is 0 Å². The van der Waals surface area contributed by atoms with Crippen molar-refractivity contribution in [3.63, 3.8) is 0 Å². The number of hydrogen-bond donors (Lipinski definition) is 2. The van der Waals surface area contributed by atoms with Crippen LogP contribution >= 0.6 is 0 Å². The van der Waals surface area contributed by atoms with Crippen LogP contribution in [0.2, 0.25) is 0 Å². The normalized spacial score (nSPS) is 19.2. The van der Waals surface area contributed by atoms with Gasteiger partial charge >= 0.3 is 0 Å². The van der Waals surface area contributed by atoms with Gasteiger partial charge in [-0.3, -0.25) is 0 Å². The number of rotatable bonds is 1. The Morgan fingerprint density at radius 2 is 1.78 bits per heavy atom. The largest absolute Gasteiger partial charge is 0.399 e. The Bertz CT molecular complexity index is 336. The standard InChI is InChI=1S/C10H15N3.C4H9N/c11-9-4-5-12-10(8-9)13-6-2-1-3-7-13;1-2-4-5-3-1/h4-5,8H,1-3,6-7H2,(H2,11,12);5H,1-4H2. The number of nitrogens with two attached hydrogens (primary N) is 1. The molecule has 0 saturated carbocycles. The van der Waals surface area contributed by atoms with E-state index in [1.807, 2.05) is 12.1 Å². The van der Waals surface area contributed by atoms with Crippen molar-refractivity contribution in [2.24, 2.45) is 0 Å². The zero-order valence-corrected chi connectivity index (χ0v) is 11.1.